The van der Waals surface area contributed by atoms with E-state index in [1.807, 2.05) is 36.4 Å². The zero-order chi connectivity index (χ0) is 15.6. The predicted molar refractivity (Wildman–Crippen MR) is 87.8 cm³/mol. The van der Waals surface area contributed by atoms with E-state index in [-0.39, 0.29) is 5.91 Å². The van der Waals surface area contributed by atoms with E-state index in [2.05, 4.69) is 16.0 Å². The average molecular weight is 295 g/mol. The van der Waals surface area contributed by atoms with Crippen LogP contribution in [0, 0.1) is 0 Å². The molecule has 0 aromatic carbocycles. The molecule has 0 atom stereocenters. The summed E-state index contributed by atoms with van der Waals surface area (Å²) in [7, 11) is 0. The van der Waals surface area contributed by atoms with E-state index < -0.39 is 0 Å². The highest BCUT2D eigenvalue weighted by molar-refractivity contribution is 5.75. The molecule has 2 rings (SSSR count). The minimum Gasteiger partial charge on any atom is -0.370 e. The van der Waals surface area contributed by atoms with Crippen LogP contribution < -0.4 is 5.73 Å². The normalized spacial score (nSPS) is 10.2. The second kappa shape index (κ2) is 8.72. The highest BCUT2D eigenvalue weighted by Gasteiger charge is 2.06. The Morgan fingerprint density at radius 3 is 2.09 bits per heavy atom. The molecule has 0 spiro atoms. The number of allylic oxidation sites excluding steroid dienone is 1. The van der Waals surface area contributed by atoms with Crippen LogP contribution in [-0.2, 0) is 4.79 Å². The number of nitrogens with two attached hydrogens (primary N) is 1. The van der Waals surface area contributed by atoms with Gasteiger partial charge in [-0.3, -0.25) is 14.8 Å². The molecule has 1 amide bonds. The third-order valence-corrected chi connectivity index (χ3v) is 3.36. The highest BCUT2D eigenvalue weighted by Crippen LogP contribution is 2.21. The first kappa shape index (κ1) is 15.9. The fourth-order valence-electron chi connectivity index (χ4n) is 2.25. The molecular weight excluding hydrogens is 274 g/mol. The van der Waals surface area contributed by atoms with Crippen LogP contribution in [0.5, 0.6) is 0 Å². The van der Waals surface area contributed by atoms with Gasteiger partial charge in [0, 0.05) is 24.4 Å². The van der Waals surface area contributed by atoms with E-state index in [9.17, 15) is 4.79 Å². The quantitative estimate of drug-likeness (QED) is 0.759. The summed E-state index contributed by atoms with van der Waals surface area (Å²) in [6.45, 7) is 0. The van der Waals surface area contributed by atoms with Gasteiger partial charge in [-0.1, -0.05) is 24.6 Å². The summed E-state index contributed by atoms with van der Waals surface area (Å²) < 4.78 is 0. The van der Waals surface area contributed by atoms with E-state index >= 15 is 0 Å². The molecular formula is C18H21N3O. The van der Waals surface area contributed by atoms with Gasteiger partial charge in [0.2, 0.25) is 5.91 Å². The van der Waals surface area contributed by atoms with Gasteiger partial charge in [-0.15, -0.1) is 0 Å². The van der Waals surface area contributed by atoms with Crippen molar-refractivity contribution in [3.8, 4) is 0 Å². The van der Waals surface area contributed by atoms with Gasteiger partial charge in [-0.25, -0.2) is 0 Å². The molecule has 2 heterocycles. The molecule has 0 aliphatic carbocycles. The molecule has 0 bridgehead atoms. The van der Waals surface area contributed by atoms with Gasteiger partial charge in [-0.2, -0.15) is 0 Å². The lowest BCUT2D eigenvalue weighted by atomic mass is 10.0. The van der Waals surface area contributed by atoms with Gasteiger partial charge in [0.15, 0.2) is 0 Å². The Balaban J connectivity index is 2.02. The first-order chi connectivity index (χ1) is 10.8. The van der Waals surface area contributed by atoms with Crippen LogP contribution >= 0.6 is 0 Å². The Bertz CT molecular complexity index is 567. The van der Waals surface area contributed by atoms with Crippen LogP contribution in [0.1, 0.15) is 43.5 Å². The first-order valence-electron chi connectivity index (χ1n) is 7.58. The van der Waals surface area contributed by atoms with Crippen LogP contribution in [0.3, 0.4) is 0 Å². The zero-order valence-electron chi connectivity index (χ0n) is 12.6. The molecule has 22 heavy (non-hydrogen) atoms. The Morgan fingerprint density at radius 1 is 0.955 bits per heavy atom. The summed E-state index contributed by atoms with van der Waals surface area (Å²) in [6, 6.07) is 11.8. The summed E-state index contributed by atoms with van der Waals surface area (Å²) in [5, 5.41) is 0. The first-order valence-corrected chi connectivity index (χ1v) is 7.58. The number of aromatic nitrogens is 2. The molecule has 0 aliphatic heterocycles. The number of carbonyl (C=O) groups excluding carboxylic acids is 1. The van der Waals surface area contributed by atoms with Crippen LogP contribution in [0.4, 0.5) is 0 Å². The molecule has 2 aromatic rings. The Labute approximate surface area is 131 Å². The van der Waals surface area contributed by atoms with Gasteiger partial charge >= 0.3 is 0 Å². The Kier molecular flexibility index (Phi) is 6.30. The maximum absolute atomic E-state index is 10.7. The summed E-state index contributed by atoms with van der Waals surface area (Å²) in [4.78, 5) is 19.6. The van der Waals surface area contributed by atoms with E-state index in [4.69, 9.17) is 5.73 Å². The fraction of sp³-hybridized carbons (Fsp3) is 0.278. The van der Waals surface area contributed by atoms with Crippen molar-refractivity contribution in [2.45, 2.75) is 32.1 Å². The number of nitrogens with zero attached hydrogens (tertiary/aromatic N) is 2. The largest absolute Gasteiger partial charge is 0.370 e. The number of carbonyl (C=O) groups is 1. The molecule has 0 aliphatic rings. The van der Waals surface area contributed by atoms with Crippen LogP contribution in [0.2, 0.25) is 0 Å². The monoisotopic (exact) mass is 295 g/mol. The van der Waals surface area contributed by atoms with E-state index in [0.717, 1.165) is 42.6 Å². The number of unbranched alkanes of at least 4 members (excludes halogenated alkanes) is 3. The minimum atomic E-state index is -0.224. The number of rotatable bonds is 8. The van der Waals surface area contributed by atoms with Crippen molar-refractivity contribution in [2.24, 2.45) is 5.73 Å². The summed E-state index contributed by atoms with van der Waals surface area (Å²) in [6.07, 6.45) is 10.0. The molecule has 0 unspecified atom stereocenters. The van der Waals surface area contributed by atoms with Crippen molar-refractivity contribution in [3.05, 3.63) is 66.3 Å². The molecule has 4 heteroatoms. The lowest BCUT2D eigenvalue weighted by Crippen LogP contribution is -2.09. The lowest BCUT2D eigenvalue weighted by molar-refractivity contribution is -0.118. The third-order valence-electron chi connectivity index (χ3n) is 3.36. The predicted octanol–water partition coefficient (Wildman–Crippen LogP) is 3.34. The molecule has 2 N–H and O–H groups in total. The average Bonchev–Trinajstić information content (AvgIpc) is 2.55. The van der Waals surface area contributed by atoms with E-state index in [0.29, 0.717) is 6.42 Å². The van der Waals surface area contributed by atoms with Gasteiger partial charge in [0.05, 0.1) is 11.4 Å². The summed E-state index contributed by atoms with van der Waals surface area (Å²) in [5.74, 6) is -0.224. The molecule has 2 aromatic heterocycles. The Hall–Kier alpha value is -2.49. The molecule has 0 saturated carbocycles. The smallest absolute Gasteiger partial charge is 0.217 e. The fourth-order valence-corrected chi connectivity index (χ4v) is 2.25. The van der Waals surface area contributed by atoms with Gasteiger partial charge in [0.25, 0.3) is 0 Å². The third kappa shape index (κ3) is 5.13. The van der Waals surface area contributed by atoms with Crippen LogP contribution in [0.15, 0.2) is 54.9 Å². The second-order valence-electron chi connectivity index (χ2n) is 5.11. The van der Waals surface area contributed by atoms with Crippen molar-refractivity contribution >= 4 is 11.5 Å². The number of hydrogen-bond acceptors (Lipinski definition) is 3. The maximum Gasteiger partial charge on any atom is 0.217 e. The highest BCUT2D eigenvalue weighted by atomic mass is 16.1. The lowest BCUT2D eigenvalue weighted by Gasteiger charge is -2.06. The standard InChI is InChI=1S/C18H21N3O/c19-18(22)12-4-2-1-3-9-15(16-10-5-7-13-20-16)17-11-6-8-14-21-17/h5-11,13-14H,1-4,12H2,(H2,19,22). The number of primary amides is 1. The number of hydrogen-bond donors (Lipinski definition) is 1. The zero-order valence-corrected chi connectivity index (χ0v) is 12.6. The number of amides is 1. The van der Waals surface area contributed by atoms with Crippen LogP contribution in [-0.4, -0.2) is 15.9 Å². The second-order valence-corrected chi connectivity index (χ2v) is 5.11. The minimum absolute atomic E-state index is 0.224. The summed E-state index contributed by atoms with van der Waals surface area (Å²) in [5.41, 5.74) is 8.05. The van der Waals surface area contributed by atoms with Crippen molar-refractivity contribution in [1.82, 2.24) is 9.97 Å². The van der Waals surface area contributed by atoms with Crippen LogP contribution in [0.25, 0.3) is 5.57 Å². The summed E-state index contributed by atoms with van der Waals surface area (Å²) >= 11 is 0. The topological polar surface area (TPSA) is 68.9 Å². The molecule has 0 radical (unpaired) electrons. The van der Waals surface area contributed by atoms with Gasteiger partial charge in [-0.05, 0) is 43.5 Å². The van der Waals surface area contributed by atoms with Crippen molar-refractivity contribution < 1.29 is 4.79 Å². The van der Waals surface area contributed by atoms with Crippen molar-refractivity contribution in [1.29, 1.82) is 0 Å². The van der Waals surface area contributed by atoms with Crippen molar-refractivity contribution in [3.63, 3.8) is 0 Å². The van der Waals surface area contributed by atoms with E-state index in [1.54, 1.807) is 12.4 Å². The molecule has 4 nitrogen and oxygen atoms in total. The molecule has 114 valence electrons. The maximum atomic E-state index is 10.7. The van der Waals surface area contributed by atoms with Gasteiger partial charge < -0.3 is 5.73 Å². The molecule has 0 fully saturated rings. The number of pyridine rings is 2. The van der Waals surface area contributed by atoms with Gasteiger partial charge in [0.1, 0.15) is 0 Å². The SMILES string of the molecule is NC(=O)CCCCCC=C(c1ccccn1)c1ccccn1. The van der Waals surface area contributed by atoms with E-state index in [1.165, 1.54) is 0 Å². The Morgan fingerprint density at radius 2 is 1.59 bits per heavy atom. The molecule has 0 saturated heterocycles. The van der Waals surface area contributed by atoms with Crippen molar-refractivity contribution in [2.75, 3.05) is 0 Å².